The average molecular weight is 483 g/mol. The van der Waals surface area contributed by atoms with E-state index in [1.807, 2.05) is 0 Å². The van der Waals surface area contributed by atoms with Gasteiger partial charge in [-0.3, -0.25) is 4.79 Å². The van der Waals surface area contributed by atoms with Crippen LogP contribution in [0.5, 0.6) is 0 Å². The summed E-state index contributed by atoms with van der Waals surface area (Å²) in [7, 11) is 0. The monoisotopic (exact) mass is 482 g/mol. The molecule has 1 N–H and O–H groups in total. The highest BCUT2D eigenvalue weighted by Gasteiger charge is 2.38. The molecule has 0 bridgehead atoms. The fraction of sp³-hybridized carbons (Fsp3) is 0.857. The zero-order chi connectivity index (χ0) is 24.9. The lowest BCUT2D eigenvalue weighted by atomic mass is 9.99. The van der Waals surface area contributed by atoms with E-state index in [0.29, 0.717) is 13.0 Å². The van der Waals surface area contributed by atoms with E-state index < -0.39 is 11.6 Å². The normalized spacial score (nSPS) is 19.0. The van der Waals surface area contributed by atoms with Crippen LogP contribution in [0, 0.1) is 0 Å². The summed E-state index contributed by atoms with van der Waals surface area (Å²) in [5.41, 5.74) is -0.204. The molecule has 0 aromatic rings. The quantitative estimate of drug-likeness (QED) is 0.115. The molecule has 0 aliphatic carbocycles. The lowest BCUT2D eigenvalue weighted by Crippen LogP contribution is -2.38. The Labute approximate surface area is 207 Å². The molecule has 0 spiro atoms. The van der Waals surface area contributed by atoms with Crippen LogP contribution in [0.2, 0.25) is 0 Å². The minimum atomic E-state index is -0.953. The van der Waals surface area contributed by atoms with E-state index in [-0.39, 0.29) is 25.8 Å². The first kappa shape index (κ1) is 30.6. The minimum absolute atomic E-state index is 0.0234. The fourth-order valence-electron chi connectivity index (χ4n) is 4.36. The number of esters is 2. The van der Waals surface area contributed by atoms with Crippen molar-refractivity contribution >= 4 is 11.9 Å². The summed E-state index contributed by atoms with van der Waals surface area (Å²) in [6, 6.07) is 0. The molecule has 1 heterocycles. The number of carbonyl (C=O) groups excluding carboxylic acids is 2. The second-order valence-electron chi connectivity index (χ2n) is 9.86. The van der Waals surface area contributed by atoms with Crippen LogP contribution in [0.1, 0.15) is 123 Å². The highest BCUT2D eigenvalue weighted by molar-refractivity contribution is 5.83. The average Bonchev–Trinajstić information content (AvgIpc) is 3.23. The van der Waals surface area contributed by atoms with Crippen molar-refractivity contribution in [3.8, 4) is 0 Å². The van der Waals surface area contributed by atoms with Crippen LogP contribution in [0.4, 0.5) is 0 Å². The molecule has 1 fully saturated rings. The van der Waals surface area contributed by atoms with Gasteiger partial charge in [0.2, 0.25) is 0 Å². The van der Waals surface area contributed by atoms with E-state index in [1.54, 1.807) is 0 Å². The van der Waals surface area contributed by atoms with E-state index in [0.717, 1.165) is 18.4 Å². The van der Waals surface area contributed by atoms with Gasteiger partial charge in [0.1, 0.15) is 12.2 Å². The van der Waals surface area contributed by atoms with E-state index >= 15 is 0 Å². The molecule has 0 radical (unpaired) electrons. The Morgan fingerprint density at radius 2 is 1.35 bits per heavy atom. The number of unbranched alkanes of at least 4 members (excludes halogenated alkanes) is 15. The molecule has 1 atom stereocenters. The maximum absolute atomic E-state index is 12.0. The van der Waals surface area contributed by atoms with Crippen molar-refractivity contribution in [1.82, 2.24) is 0 Å². The molecule has 0 aromatic carbocycles. The minimum Gasteiger partial charge on any atom is -0.463 e. The largest absolute Gasteiger partial charge is 0.463 e. The first-order valence-electron chi connectivity index (χ1n) is 13.8. The number of aliphatic hydroxyl groups excluding tert-OH is 1. The molecule has 0 amide bonds. The van der Waals surface area contributed by atoms with Gasteiger partial charge in [-0.05, 0) is 12.0 Å². The first-order chi connectivity index (χ1) is 16.5. The van der Waals surface area contributed by atoms with E-state index in [2.05, 4.69) is 6.92 Å². The van der Waals surface area contributed by atoms with Crippen LogP contribution in [0.3, 0.4) is 0 Å². The summed E-state index contributed by atoms with van der Waals surface area (Å²) >= 11 is 0. The van der Waals surface area contributed by atoms with E-state index in [9.17, 15) is 14.7 Å². The first-order valence-corrected chi connectivity index (χ1v) is 13.8. The predicted octanol–water partition coefficient (Wildman–Crippen LogP) is 6.43. The molecule has 1 unspecified atom stereocenters. The molecular formula is C28H50O6. The second kappa shape index (κ2) is 19.9. The lowest BCUT2D eigenvalue weighted by Gasteiger charge is -2.24. The Morgan fingerprint density at radius 1 is 0.853 bits per heavy atom. The van der Waals surface area contributed by atoms with Gasteiger partial charge in [0.15, 0.2) is 0 Å². The van der Waals surface area contributed by atoms with Crippen molar-refractivity contribution in [2.75, 3.05) is 26.4 Å². The third-order valence-electron chi connectivity index (χ3n) is 6.50. The highest BCUT2D eigenvalue weighted by Crippen LogP contribution is 2.30. The summed E-state index contributed by atoms with van der Waals surface area (Å²) in [6.07, 6.45) is 22.8. The molecule has 0 aromatic heterocycles. The molecule has 198 valence electrons. The molecular weight excluding hydrogens is 432 g/mol. The van der Waals surface area contributed by atoms with Gasteiger partial charge in [-0.2, -0.15) is 0 Å². The number of hydrogen-bond acceptors (Lipinski definition) is 6. The standard InChI is InChI=1S/C28H50O6/c1-3-4-5-6-7-8-9-10-11-12-13-14-15-16-17-18-19-32-27(31)20-26-21-28(23-29,34-22-26)24-33-25(2)30/h20,29H,3-19,21-24H2,1-2H3/b26-20-. The topological polar surface area (TPSA) is 82.1 Å². The Kier molecular flexibility index (Phi) is 17.9. The number of aliphatic hydroxyl groups is 1. The Hall–Kier alpha value is -1.40. The molecule has 1 aliphatic rings. The molecule has 1 saturated heterocycles. The SMILES string of the molecule is CCCCCCCCCCCCCCCCCCOC(=O)/C=C1\COC(CO)(COC(C)=O)C1. The van der Waals surface area contributed by atoms with Gasteiger partial charge in [-0.15, -0.1) is 0 Å². The smallest absolute Gasteiger partial charge is 0.330 e. The molecule has 1 rings (SSSR count). The molecule has 34 heavy (non-hydrogen) atoms. The van der Waals surface area contributed by atoms with Crippen LogP contribution in [0.15, 0.2) is 11.6 Å². The van der Waals surface area contributed by atoms with Gasteiger partial charge in [-0.25, -0.2) is 4.79 Å². The van der Waals surface area contributed by atoms with Crippen LogP contribution in [-0.4, -0.2) is 49.1 Å². The maximum Gasteiger partial charge on any atom is 0.330 e. The number of rotatable bonds is 21. The van der Waals surface area contributed by atoms with Crippen LogP contribution in [-0.2, 0) is 23.8 Å². The van der Waals surface area contributed by atoms with Crippen molar-refractivity contribution in [1.29, 1.82) is 0 Å². The van der Waals surface area contributed by atoms with Crippen LogP contribution < -0.4 is 0 Å². The van der Waals surface area contributed by atoms with E-state index in [1.165, 1.54) is 103 Å². The fourth-order valence-corrected chi connectivity index (χ4v) is 4.36. The highest BCUT2D eigenvalue weighted by atomic mass is 16.6. The van der Waals surface area contributed by atoms with Gasteiger partial charge in [0.25, 0.3) is 0 Å². The summed E-state index contributed by atoms with van der Waals surface area (Å²) in [5.74, 6) is -0.798. The Morgan fingerprint density at radius 3 is 1.82 bits per heavy atom. The van der Waals surface area contributed by atoms with Gasteiger partial charge in [-0.1, -0.05) is 103 Å². The summed E-state index contributed by atoms with van der Waals surface area (Å²) < 4.78 is 15.9. The van der Waals surface area contributed by atoms with Crippen molar-refractivity contribution in [2.45, 2.75) is 129 Å². The zero-order valence-corrected chi connectivity index (χ0v) is 21.9. The van der Waals surface area contributed by atoms with Gasteiger partial charge in [0.05, 0.1) is 19.8 Å². The molecule has 6 heteroatoms. The second-order valence-corrected chi connectivity index (χ2v) is 9.86. The Balaban J connectivity index is 1.93. The van der Waals surface area contributed by atoms with Crippen LogP contribution >= 0.6 is 0 Å². The maximum atomic E-state index is 12.0. The van der Waals surface area contributed by atoms with Gasteiger partial charge >= 0.3 is 11.9 Å². The van der Waals surface area contributed by atoms with Crippen molar-refractivity contribution in [3.05, 3.63) is 11.6 Å². The van der Waals surface area contributed by atoms with Gasteiger partial charge in [0, 0.05) is 19.4 Å². The van der Waals surface area contributed by atoms with Crippen molar-refractivity contribution in [2.24, 2.45) is 0 Å². The Bertz CT molecular complexity index is 573. The van der Waals surface area contributed by atoms with Gasteiger partial charge < -0.3 is 19.3 Å². The van der Waals surface area contributed by atoms with Crippen molar-refractivity contribution < 1.29 is 28.9 Å². The number of ether oxygens (including phenoxy) is 3. The third kappa shape index (κ3) is 15.5. The molecule has 1 aliphatic heterocycles. The van der Waals surface area contributed by atoms with Crippen LogP contribution in [0.25, 0.3) is 0 Å². The number of carbonyl (C=O) groups is 2. The third-order valence-corrected chi connectivity index (χ3v) is 6.50. The molecule has 0 saturated carbocycles. The zero-order valence-electron chi connectivity index (χ0n) is 21.9. The summed E-state index contributed by atoms with van der Waals surface area (Å²) in [6.45, 7) is 3.95. The molecule has 6 nitrogen and oxygen atoms in total. The number of hydrogen-bond donors (Lipinski definition) is 1. The van der Waals surface area contributed by atoms with Crippen molar-refractivity contribution in [3.63, 3.8) is 0 Å². The summed E-state index contributed by atoms with van der Waals surface area (Å²) in [4.78, 5) is 23.0. The predicted molar refractivity (Wildman–Crippen MR) is 136 cm³/mol. The van der Waals surface area contributed by atoms with E-state index in [4.69, 9.17) is 14.2 Å². The summed E-state index contributed by atoms with van der Waals surface area (Å²) in [5, 5.41) is 9.59. The lowest BCUT2D eigenvalue weighted by molar-refractivity contribution is -0.152.